The number of rotatable bonds is 5. The summed E-state index contributed by atoms with van der Waals surface area (Å²) in [5.74, 6) is -0.0228. The van der Waals surface area contributed by atoms with Crippen molar-refractivity contribution in [1.29, 1.82) is 0 Å². The van der Waals surface area contributed by atoms with Crippen molar-refractivity contribution in [3.05, 3.63) is 35.9 Å². The first-order valence-electron chi connectivity index (χ1n) is 5.49. The number of aliphatic hydroxyl groups excluding tert-OH is 1. The summed E-state index contributed by atoms with van der Waals surface area (Å²) in [5.41, 5.74) is 0.697. The predicted octanol–water partition coefficient (Wildman–Crippen LogP) is 1.36. The Labute approximate surface area is 96.5 Å². The maximum absolute atomic E-state index is 11.8. The summed E-state index contributed by atoms with van der Waals surface area (Å²) in [6.45, 7) is 4.11. The second-order valence-corrected chi connectivity index (χ2v) is 4.53. The molecule has 0 saturated heterocycles. The van der Waals surface area contributed by atoms with E-state index in [4.69, 9.17) is 5.11 Å². The molecule has 0 aliphatic heterocycles. The minimum absolute atomic E-state index is 0.0207. The molecule has 1 rings (SSSR count). The highest BCUT2D eigenvalue weighted by atomic mass is 16.3. The van der Waals surface area contributed by atoms with E-state index in [1.54, 1.807) is 0 Å². The molecule has 0 saturated carbocycles. The SMILES string of the molecule is CC(C)(Cc1ccccc1)C(=O)NCCO. The Hall–Kier alpha value is -1.35. The molecule has 0 aromatic heterocycles. The molecular formula is C13H19NO2. The molecule has 1 amide bonds. The van der Waals surface area contributed by atoms with Crippen LogP contribution in [0, 0.1) is 5.41 Å². The fourth-order valence-corrected chi connectivity index (χ4v) is 1.60. The Morgan fingerprint density at radius 3 is 2.50 bits per heavy atom. The highest BCUT2D eigenvalue weighted by molar-refractivity contribution is 5.82. The van der Waals surface area contributed by atoms with Gasteiger partial charge in [0.2, 0.25) is 5.91 Å². The van der Waals surface area contributed by atoms with E-state index < -0.39 is 5.41 Å². The average molecular weight is 221 g/mol. The summed E-state index contributed by atoms with van der Waals surface area (Å²) in [6.07, 6.45) is 0.700. The molecule has 0 aliphatic rings. The number of carbonyl (C=O) groups excluding carboxylic acids is 1. The zero-order chi connectivity index (χ0) is 12.0. The summed E-state index contributed by atoms with van der Waals surface area (Å²) >= 11 is 0. The highest BCUT2D eigenvalue weighted by Crippen LogP contribution is 2.21. The van der Waals surface area contributed by atoms with Crippen LogP contribution < -0.4 is 5.32 Å². The van der Waals surface area contributed by atoms with Gasteiger partial charge in [0.05, 0.1) is 6.61 Å². The van der Waals surface area contributed by atoms with Crippen molar-refractivity contribution < 1.29 is 9.90 Å². The summed E-state index contributed by atoms with van der Waals surface area (Å²) < 4.78 is 0. The van der Waals surface area contributed by atoms with Crippen molar-refractivity contribution in [2.75, 3.05) is 13.2 Å². The maximum Gasteiger partial charge on any atom is 0.226 e. The molecule has 0 radical (unpaired) electrons. The molecule has 0 spiro atoms. The number of hydrogen-bond donors (Lipinski definition) is 2. The van der Waals surface area contributed by atoms with Crippen LogP contribution in [0.2, 0.25) is 0 Å². The normalized spacial score (nSPS) is 11.2. The summed E-state index contributed by atoms with van der Waals surface area (Å²) in [5, 5.41) is 11.4. The molecule has 16 heavy (non-hydrogen) atoms. The van der Waals surface area contributed by atoms with Gasteiger partial charge in [-0.2, -0.15) is 0 Å². The van der Waals surface area contributed by atoms with Crippen LogP contribution in [0.3, 0.4) is 0 Å². The molecule has 2 N–H and O–H groups in total. The van der Waals surface area contributed by atoms with E-state index in [0.717, 1.165) is 5.56 Å². The van der Waals surface area contributed by atoms with Gasteiger partial charge in [-0.3, -0.25) is 4.79 Å². The van der Waals surface area contributed by atoms with Crippen LogP contribution >= 0.6 is 0 Å². The lowest BCUT2D eigenvalue weighted by atomic mass is 9.85. The first-order chi connectivity index (χ1) is 7.56. The van der Waals surface area contributed by atoms with Crippen molar-refractivity contribution in [3.63, 3.8) is 0 Å². The molecule has 0 bridgehead atoms. The number of carbonyl (C=O) groups is 1. The van der Waals surface area contributed by atoms with Crippen molar-refractivity contribution in [2.24, 2.45) is 5.41 Å². The number of aliphatic hydroxyl groups is 1. The van der Waals surface area contributed by atoms with Crippen molar-refractivity contribution in [1.82, 2.24) is 5.32 Å². The van der Waals surface area contributed by atoms with Gasteiger partial charge in [-0.25, -0.2) is 0 Å². The molecule has 3 nitrogen and oxygen atoms in total. The van der Waals surface area contributed by atoms with Crippen molar-refractivity contribution >= 4 is 5.91 Å². The van der Waals surface area contributed by atoms with Gasteiger partial charge < -0.3 is 10.4 Å². The van der Waals surface area contributed by atoms with Gasteiger partial charge in [-0.1, -0.05) is 44.2 Å². The van der Waals surface area contributed by atoms with E-state index in [1.807, 2.05) is 44.2 Å². The van der Waals surface area contributed by atoms with Gasteiger partial charge in [-0.15, -0.1) is 0 Å². The fourth-order valence-electron chi connectivity index (χ4n) is 1.60. The van der Waals surface area contributed by atoms with Gasteiger partial charge in [-0.05, 0) is 12.0 Å². The van der Waals surface area contributed by atoms with Crippen LogP contribution in [0.25, 0.3) is 0 Å². The smallest absolute Gasteiger partial charge is 0.226 e. The van der Waals surface area contributed by atoms with E-state index in [2.05, 4.69) is 5.32 Å². The monoisotopic (exact) mass is 221 g/mol. The van der Waals surface area contributed by atoms with Crippen LogP contribution in [0.4, 0.5) is 0 Å². The molecule has 1 aromatic rings. The maximum atomic E-state index is 11.8. The zero-order valence-electron chi connectivity index (χ0n) is 9.86. The number of nitrogens with one attached hydrogen (secondary N) is 1. The van der Waals surface area contributed by atoms with Gasteiger partial charge in [0.1, 0.15) is 0 Å². The number of benzene rings is 1. The molecule has 0 fully saturated rings. The van der Waals surface area contributed by atoms with Gasteiger partial charge in [0, 0.05) is 12.0 Å². The summed E-state index contributed by atoms with van der Waals surface area (Å²) in [4.78, 5) is 11.8. The predicted molar refractivity (Wildman–Crippen MR) is 64.0 cm³/mol. The highest BCUT2D eigenvalue weighted by Gasteiger charge is 2.27. The molecule has 1 aromatic carbocycles. The van der Waals surface area contributed by atoms with E-state index in [-0.39, 0.29) is 12.5 Å². The minimum atomic E-state index is -0.448. The van der Waals surface area contributed by atoms with Crippen molar-refractivity contribution in [2.45, 2.75) is 20.3 Å². The standard InChI is InChI=1S/C13H19NO2/c1-13(2,12(16)14-8-9-15)10-11-6-4-3-5-7-11/h3-7,15H,8-10H2,1-2H3,(H,14,16). The van der Waals surface area contributed by atoms with E-state index in [9.17, 15) is 4.79 Å². The topological polar surface area (TPSA) is 49.3 Å². The molecule has 3 heteroatoms. The average Bonchev–Trinajstić information content (AvgIpc) is 2.26. The number of amides is 1. The lowest BCUT2D eigenvalue weighted by Gasteiger charge is -2.23. The van der Waals surface area contributed by atoms with Gasteiger partial charge >= 0.3 is 0 Å². The third-order valence-electron chi connectivity index (χ3n) is 2.50. The molecule has 0 heterocycles. The van der Waals surface area contributed by atoms with Crippen LogP contribution in [-0.4, -0.2) is 24.2 Å². The third kappa shape index (κ3) is 3.66. The molecule has 88 valence electrons. The van der Waals surface area contributed by atoms with Gasteiger partial charge in [0.15, 0.2) is 0 Å². The Balaban J connectivity index is 2.60. The first kappa shape index (κ1) is 12.7. The Kier molecular flexibility index (Phi) is 4.50. The Morgan fingerprint density at radius 2 is 1.94 bits per heavy atom. The molecule has 0 unspecified atom stereocenters. The minimum Gasteiger partial charge on any atom is -0.395 e. The van der Waals surface area contributed by atoms with Crippen LogP contribution in [0.15, 0.2) is 30.3 Å². The van der Waals surface area contributed by atoms with E-state index >= 15 is 0 Å². The van der Waals surface area contributed by atoms with Crippen molar-refractivity contribution in [3.8, 4) is 0 Å². The van der Waals surface area contributed by atoms with Gasteiger partial charge in [0.25, 0.3) is 0 Å². The second-order valence-electron chi connectivity index (χ2n) is 4.53. The van der Waals surface area contributed by atoms with E-state index in [1.165, 1.54) is 0 Å². The Bertz CT molecular complexity index is 333. The Morgan fingerprint density at radius 1 is 1.31 bits per heavy atom. The number of hydrogen-bond acceptors (Lipinski definition) is 2. The third-order valence-corrected chi connectivity index (χ3v) is 2.50. The molecule has 0 aliphatic carbocycles. The van der Waals surface area contributed by atoms with Crippen LogP contribution in [0.1, 0.15) is 19.4 Å². The summed E-state index contributed by atoms with van der Waals surface area (Å²) in [6, 6.07) is 9.93. The zero-order valence-corrected chi connectivity index (χ0v) is 9.86. The lowest BCUT2D eigenvalue weighted by molar-refractivity contribution is -0.129. The quantitative estimate of drug-likeness (QED) is 0.789. The summed E-state index contributed by atoms with van der Waals surface area (Å²) in [7, 11) is 0. The van der Waals surface area contributed by atoms with Crippen LogP contribution in [0.5, 0.6) is 0 Å². The van der Waals surface area contributed by atoms with Crippen LogP contribution in [-0.2, 0) is 11.2 Å². The molecule has 0 atom stereocenters. The first-order valence-corrected chi connectivity index (χ1v) is 5.49. The van der Waals surface area contributed by atoms with E-state index in [0.29, 0.717) is 13.0 Å². The lowest BCUT2D eigenvalue weighted by Crippen LogP contribution is -2.39. The molecular weight excluding hydrogens is 202 g/mol. The second kappa shape index (κ2) is 5.66. The largest absolute Gasteiger partial charge is 0.395 e. The fraction of sp³-hybridized carbons (Fsp3) is 0.462.